The van der Waals surface area contributed by atoms with Crippen molar-refractivity contribution in [3.05, 3.63) is 23.1 Å². The van der Waals surface area contributed by atoms with Gasteiger partial charge in [-0.2, -0.15) is 13.2 Å². The molecule has 1 atom stereocenters. The van der Waals surface area contributed by atoms with Crippen molar-refractivity contribution in [3.63, 3.8) is 0 Å². The van der Waals surface area contributed by atoms with Crippen molar-refractivity contribution in [1.82, 2.24) is 14.5 Å². The summed E-state index contributed by atoms with van der Waals surface area (Å²) in [6.45, 7) is 6.37. The maximum atomic E-state index is 13.6. The van der Waals surface area contributed by atoms with Crippen molar-refractivity contribution < 1.29 is 22.4 Å². The van der Waals surface area contributed by atoms with Gasteiger partial charge in [0, 0.05) is 31.7 Å². The monoisotopic (exact) mass is 435 g/mol. The molecule has 29 heavy (non-hydrogen) atoms. The first kappa shape index (κ1) is 23.6. The van der Waals surface area contributed by atoms with E-state index < -0.39 is 17.8 Å². The average Bonchev–Trinajstić information content (AvgIpc) is 2.87. The quantitative estimate of drug-likeness (QED) is 0.403. The molecule has 0 bridgehead atoms. The standard InChI is InChI=1S/C12H13ClFN3.C8H13F3O/c1-7-15-9-3-4-10(13)16-11(9)17(7)8-5-12(2,14)6-8;1-3-4-7(12)5-6(2)8(9,10)11/h3-4,8H,5-6H2,1-2H3;6H,3-5H2,1-2H3. The van der Waals surface area contributed by atoms with Gasteiger partial charge in [0.1, 0.15) is 27.9 Å². The molecule has 3 rings (SSSR count). The molecule has 0 aromatic carbocycles. The predicted molar refractivity (Wildman–Crippen MR) is 105 cm³/mol. The summed E-state index contributed by atoms with van der Waals surface area (Å²) in [6.07, 6.45) is -2.70. The van der Waals surface area contributed by atoms with Crippen LogP contribution in [0.3, 0.4) is 0 Å². The number of rotatable bonds is 5. The number of aryl methyl sites for hydroxylation is 1. The van der Waals surface area contributed by atoms with Crippen LogP contribution in [0.5, 0.6) is 0 Å². The van der Waals surface area contributed by atoms with Crippen LogP contribution in [0.4, 0.5) is 17.6 Å². The first-order valence-electron chi connectivity index (χ1n) is 9.62. The molecule has 1 aliphatic carbocycles. The highest BCUT2D eigenvalue weighted by Gasteiger charge is 2.42. The number of pyridine rings is 1. The highest BCUT2D eigenvalue weighted by Crippen LogP contribution is 2.45. The van der Waals surface area contributed by atoms with E-state index in [1.807, 2.05) is 17.6 Å². The summed E-state index contributed by atoms with van der Waals surface area (Å²) in [6, 6.07) is 3.73. The van der Waals surface area contributed by atoms with Crippen LogP contribution in [-0.4, -0.2) is 32.2 Å². The Bertz CT molecular complexity index is 855. The van der Waals surface area contributed by atoms with E-state index in [0.29, 0.717) is 24.4 Å². The van der Waals surface area contributed by atoms with E-state index in [1.54, 1.807) is 19.9 Å². The lowest BCUT2D eigenvalue weighted by Gasteiger charge is -2.39. The van der Waals surface area contributed by atoms with E-state index in [9.17, 15) is 22.4 Å². The van der Waals surface area contributed by atoms with E-state index in [2.05, 4.69) is 9.97 Å². The third-order valence-corrected chi connectivity index (χ3v) is 5.20. The number of hydrogen-bond acceptors (Lipinski definition) is 3. The fraction of sp³-hybridized carbons (Fsp3) is 0.650. The Morgan fingerprint density at radius 2 is 1.97 bits per heavy atom. The van der Waals surface area contributed by atoms with E-state index in [-0.39, 0.29) is 24.7 Å². The second-order valence-electron chi connectivity index (χ2n) is 7.92. The van der Waals surface area contributed by atoms with E-state index >= 15 is 0 Å². The zero-order valence-electron chi connectivity index (χ0n) is 17.0. The van der Waals surface area contributed by atoms with Crippen LogP contribution in [0.2, 0.25) is 5.15 Å². The first-order valence-corrected chi connectivity index (χ1v) is 10.00. The molecule has 4 nitrogen and oxygen atoms in total. The maximum Gasteiger partial charge on any atom is 0.391 e. The van der Waals surface area contributed by atoms with Crippen molar-refractivity contribution in [1.29, 1.82) is 0 Å². The zero-order valence-corrected chi connectivity index (χ0v) is 17.7. The van der Waals surface area contributed by atoms with Gasteiger partial charge in [-0.1, -0.05) is 25.4 Å². The zero-order chi connectivity index (χ0) is 22.0. The minimum atomic E-state index is -4.23. The molecule has 0 N–H and O–H groups in total. The van der Waals surface area contributed by atoms with Crippen molar-refractivity contribution >= 4 is 28.5 Å². The summed E-state index contributed by atoms with van der Waals surface area (Å²) in [5, 5.41) is 0.445. The molecule has 1 fully saturated rings. The lowest BCUT2D eigenvalue weighted by molar-refractivity contribution is -0.173. The molecule has 0 aliphatic heterocycles. The van der Waals surface area contributed by atoms with E-state index in [4.69, 9.17) is 11.6 Å². The van der Waals surface area contributed by atoms with Crippen LogP contribution in [0, 0.1) is 12.8 Å². The highest BCUT2D eigenvalue weighted by atomic mass is 35.5. The number of hydrogen-bond donors (Lipinski definition) is 0. The number of carbonyl (C=O) groups is 1. The molecule has 162 valence electrons. The lowest BCUT2D eigenvalue weighted by atomic mass is 9.78. The summed E-state index contributed by atoms with van der Waals surface area (Å²) in [5.41, 5.74) is 0.529. The molecular formula is C20H26ClF4N3O. The molecule has 1 unspecified atom stereocenters. The molecule has 0 amide bonds. The number of alkyl halides is 4. The summed E-state index contributed by atoms with van der Waals surface area (Å²) in [7, 11) is 0. The molecule has 1 aliphatic rings. The summed E-state index contributed by atoms with van der Waals surface area (Å²) in [5.74, 6) is -0.936. The van der Waals surface area contributed by atoms with Crippen LogP contribution < -0.4 is 0 Å². The Balaban J connectivity index is 0.000000223. The van der Waals surface area contributed by atoms with Gasteiger partial charge in [0.05, 0.1) is 5.92 Å². The second kappa shape index (κ2) is 8.98. The molecule has 1 saturated carbocycles. The van der Waals surface area contributed by atoms with Crippen LogP contribution in [-0.2, 0) is 4.79 Å². The van der Waals surface area contributed by atoms with Gasteiger partial charge in [-0.3, -0.25) is 4.79 Å². The van der Waals surface area contributed by atoms with Gasteiger partial charge in [0.15, 0.2) is 5.65 Å². The van der Waals surface area contributed by atoms with Gasteiger partial charge in [-0.15, -0.1) is 0 Å². The van der Waals surface area contributed by atoms with Gasteiger partial charge < -0.3 is 4.57 Å². The average molecular weight is 436 g/mol. The van der Waals surface area contributed by atoms with Crippen molar-refractivity contribution in [2.75, 3.05) is 0 Å². The topological polar surface area (TPSA) is 47.8 Å². The number of imidazole rings is 1. The second-order valence-corrected chi connectivity index (χ2v) is 8.30. The maximum absolute atomic E-state index is 13.6. The Morgan fingerprint density at radius 3 is 2.48 bits per heavy atom. The van der Waals surface area contributed by atoms with Gasteiger partial charge in [-0.05, 0) is 32.4 Å². The summed E-state index contributed by atoms with van der Waals surface area (Å²) < 4.78 is 51.3. The van der Waals surface area contributed by atoms with E-state index in [0.717, 1.165) is 23.9 Å². The molecule has 0 spiro atoms. The number of Topliss-reactive ketones (excluding diaryl/α,β-unsaturated/α-hetero) is 1. The van der Waals surface area contributed by atoms with Crippen LogP contribution in [0.15, 0.2) is 12.1 Å². The third kappa shape index (κ3) is 6.14. The van der Waals surface area contributed by atoms with Crippen molar-refractivity contribution in [3.8, 4) is 0 Å². The van der Waals surface area contributed by atoms with Crippen molar-refractivity contribution in [2.24, 2.45) is 5.92 Å². The Morgan fingerprint density at radius 1 is 1.34 bits per heavy atom. The smallest absolute Gasteiger partial charge is 0.310 e. The molecule has 2 aromatic rings. The fourth-order valence-corrected chi connectivity index (χ4v) is 3.59. The fourth-order valence-electron chi connectivity index (χ4n) is 3.44. The predicted octanol–water partition coefficient (Wildman–Crippen LogP) is 6.40. The van der Waals surface area contributed by atoms with Gasteiger partial charge in [-0.25, -0.2) is 14.4 Å². The molecule has 9 heteroatoms. The minimum Gasteiger partial charge on any atom is -0.310 e. The molecular weight excluding hydrogens is 410 g/mol. The number of aromatic nitrogens is 3. The number of fused-ring (bicyclic) bond motifs is 1. The normalized spacial score (nSPS) is 22.6. The number of ketones is 1. The Hall–Kier alpha value is -1.70. The molecule has 2 heterocycles. The van der Waals surface area contributed by atoms with Gasteiger partial charge in [0.2, 0.25) is 0 Å². The first-order chi connectivity index (χ1) is 13.3. The SMILES string of the molecule is CCCC(=O)CC(C)C(F)(F)F.Cc1nc2ccc(Cl)nc2n1C1CC(C)(F)C1. The minimum absolute atomic E-state index is 0.154. The molecule has 0 saturated heterocycles. The Kier molecular flexibility index (Phi) is 7.30. The molecule has 0 radical (unpaired) electrons. The number of carbonyl (C=O) groups excluding carboxylic acids is 1. The lowest BCUT2D eigenvalue weighted by Crippen LogP contribution is -2.38. The summed E-state index contributed by atoms with van der Waals surface area (Å²) in [4.78, 5) is 19.5. The summed E-state index contributed by atoms with van der Waals surface area (Å²) >= 11 is 5.90. The van der Waals surface area contributed by atoms with E-state index in [1.165, 1.54) is 0 Å². The van der Waals surface area contributed by atoms with Crippen LogP contribution >= 0.6 is 11.6 Å². The van der Waals surface area contributed by atoms with Gasteiger partial charge in [0.25, 0.3) is 0 Å². The largest absolute Gasteiger partial charge is 0.391 e. The van der Waals surface area contributed by atoms with Crippen molar-refractivity contribution in [2.45, 2.75) is 77.7 Å². The highest BCUT2D eigenvalue weighted by molar-refractivity contribution is 6.29. The van der Waals surface area contributed by atoms with Crippen LogP contribution in [0.1, 0.15) is 64.7 Å². The molecule has 2 aromatic heterocycles. The van der Waals surface area contributed by atoms with Gasteiger partial charge >= 0.3 is 6.18 Å². The third-order valence-electron chi connectivity index (χ3n) is 4.99. The number of halogens is 5. The Labute approximate surface area is 172 Å². The van der Waals surface area contributed by atoms with Crippen LogP contribution in [0.25, 0.3) is 11.2 Å². The number of nitrogens with zero attached hydrogens (tertiary/aromatic N) is 3.